The van der Waals surface area contributed by atoms with Crippen LogP contribution < -0.4 is 5.32 Å². The predicted molar refractivity (Wildman–Crippen MR) is 64.9 cm³/mol. The Morgan fingerprint density at radius 3 is 2.58 bits per heavy atom. The van der Waals surface area contributed by atoms with Crippen molar-refractivity contribution in [3.8, 4) is 0 Å². The van der Waals surface area contributed by atoms with Crippen LogP contribution in [0.4, 0.5) is 18.9 Å². The van der Waals surface area contributed by atoms with Crippen molar-refractivity contribution in [2.45, 2.75) is 32.5 Å². The normalized spacial score (nSPS) is 13.3. The van der Waals surface area contributed by atoms with Crippen LogP contribution in [0.15, 0.2) is 18.2 Å². The zero-order chi connectivity index (χ0) is 14.6. The molecule has 0 fully saturated rings. The standard InChI is InChI=1S/C12H15F3N2O2/c1-8-3-4-10(7-11(8)17(18)19)9(2)16-6-5-12(13,14)15/h3-4,7,9,16H,5-6H2,1-2H3. The van der Waals surface area contributed by atoms with Gasteiger partial charge in [-0.15, -0.1) is 0 Å². The van der Waals surface area contributed by atoms with E-state index in [9.17, 15) is 23.3 Å². The van der Waals surface area contributed by atoms with Crippen LogP contribution in [0.25, 0.3) is 0 Å². The van der Waals surface area contributed by atoms with E-state index in [1.807, 2.05) is 0 Å². The van der Waals surface area contributed by atoms with Gasteiger partial charge >= 0.3 is 6.18 Å². The molecular formula is C12H15F3N2O2. The van der Waals surface area contributed by atoms with Gasteiger partial charge in [0, 0.05) is 24.2 Å². The van der Waals surface area contributed by atoms with Crippen LogP contribution >= 0.6 is 0 Å². The van der Waals surface area contributed by atoms with Crippen LogP contribution in [-0.4, -0.2) is 17.6 Å². The van der Waals surface area contributed by atoms with E-state index < -0.39 is 17.5 Å². The van der Waals surface area contributed by atoms with Crippen molar-refractivity contribution in [3.05, 3.63) is 39.4 Å². The number of nitro benzene ring substituents is 1. The third-order valence-electron chi connectivity index (χ3n) is 2.79. The number of nitrogens with zero attached hydrogens (tertiary/aromatic N) is 1. The summed E-state index contributed by atoms with van der Waals surface area (Å²) in [6.45, 7) is 3.07. The Bertz CT molecular complexity index is 461. The second kappa shape index (κ2) is 6.01. The smallest absolute Gasteiger partial charge is 0.310 e. The lowest BCUT2D eigenvalue weighted by Gasteiger charge is -2.15. The number of rotatable bonds is 5. The molecule has 0 heterocycles. The Kier molecular flexibility index (Phi) is 4.88. The highest BCUT2D eigenvalue weighted by molar-refractivity contribution is 5.43. The van der Waals surface area contributed by atoms with Gasteiger partial charge in [-0.1, -0.05) is 12.1 Å². The van der Waals surface area contributed by atoms with Crippen molar-refractivity contribution in [2.24, 2.45) is 0 Å². The molecule has 1 aromatic rings. The topological polar surface area (TPSA) is 55.2 Å². The van der Waals surface area contributed by atoms with E-state index in [1.54, 1.807) is 26.0 Å². The zero-order valence-electron chi connectivity index (χ0n) is 10.6. The zero-order valence-corrected chi connectivity index (χ0v) is 10.6. The minimum absolute atomic E-state index is 0.0260. The number of alkyl halides is 3. The molecule has 0 bridgehead atoms. The largest absolute Gasteiger partial charge is 0.390 e. The highest BCUT2D eigenvalue weighted by Crippen LogP contribution is 2.24. The minimum atomic E-state index is -4.20. The maximum Gasteiger partial charge on any atom is 0.390 e. The lowest BCUT2D eigenvalue weighted by molar-refractivity contribution is -0.385. The van der Waals surface area contributed by atoms with Crippen molar-refractivity contribution in [2.75, 3.05) is 6.54 Å². The third-order valence-corrected chi connectivity index (χ3v) is 2.79. The van der Waals surface area contributed by atoms with Crippen LogP contribution in [0.3, 0.4) is 0 Å². The van der Waals surface area contributed by atoms with Crippen molar-refractivity contribution >= 4 is 5.69 Å². The van der Waals surface area contributed by atoms with Crippen molar-refractivity contribution < 1.29 is 18.1 Å². The Balaban J connectivity index is 2.70. The van der Waals surface area contributed by atoms with Gasteiger partial charge in [0.05, 0.1) is 11.3 Å². The Morgan fingerprint density at radius 2 is 2.05 bits per heavy atom. The summed E-state index contributed by atoms with van der Waals surface area (Å²) in [6, 6.07) is 4.28. The third kappa shape index (κ3) is 4.86. The molecule has 0 aliphatic carbocycles. The summed E-state index contributed by atoms with van der Waals surface area (Å²) >= 11 is 0. The molecule has 1 atom stereocenters. The Hall–Kier alpha value is -1.63. The lowest BCUT2D eigenvalue weighted by atomic mass is 10.0. The Labute approximate surface area is 108 Å². The number of aryl methyl sites for hydroxylation is 1. The molecule has 0 aliphatic rings. The van der Waals surface area contributed by atoms with Gasteiger partial charge in [-0.3, -0.25) is 10.1 Å². The average molecular weight is 276 g/mol. The van der Waals surface area contributed by atoms with Gasteiger partial charge in [-0.25, -0.2) is 0 Å². The van der Waals surface area contributed by atoms with Crippen LogP contribution in [0.2, 0.25) is 0 Å². The molecule has 0 saturated heterocycles. The number of halogens is 3. The molecule has 7 heteroatoms. The van der Waals surface area contributed by atoms with E-state index in [0.29, 0.717) is 11.1 Å². The Morgan fingerprint density at radius 1 is 1.42 bits per heavy atom. The summed E-state index contributed by atoms with van der Waals surface area (Å²) < 4.78 is 36.0. The molecule has 0 saturated carbocycles. The van der Waals surface area contributed by atoms with Crippen LogP contribution in [0.1, 0.15) is 30.5 Å². The first-order chi connectivity index (χ1) is 8.70. The number of hydrogen-bond donors (Lipinski definition) is 1. The minimum Gasteiger partial charge on any atom is -0.310 e. The molecule has 19 heavy (non-hydrogen) atoms. The fraction of sp³-hybridized carbons (Fsp3) is 0.500. The van der Waals surface area contributed by atoms with E-state index in [2.05, 4.69) is 5.32 Å². The second-order valence-corrected chi connectivity index (χ2v) is 4.34. The van der Waals surface area contributed by atoms with Crippen LogP contribution in [0, 0.1) is 17.0 Å². The molecule has 1 aromatic carbocycles. The van der Waals surface area contributed by atoms with E-state index in [1.165, 1.54) is 6.07 Å². The fourth-order valence-corrected chi connectivity index (χ4v) is 1.64. The van der Waals surface area contributed by atoms with Gasteiger partial charge in [0.25, 0.3) is 5.69 Å². The number of nitro groups is 1. The summed E-state index contributed by atoms with van der Waals surface area (Å²) in [5, 5.41) is 13.5. The molecule has 0 aliphatic heterocycles. The number of nitrogens with one attached hydrogen (secondary N) is 1. The van der Waals surface area contributed by atoms with E-state index in [-0.39, 0.29) is 18.3 Å². The fourth-order valence-electron chi connectivity index (χ4n) is 1.64. The molecule has 1 rings (SSSR count). The van der Waals surface area contributed by atoms with E-state index >= 15 is 0 Å². The first kappa shape index (κ1) is 15.4. The maximum absolute atomic E-state index is 12.0. The molecule has 0 radical (unpaired) electrons. The number of benzene rings is 1. The number of hydrogen-bond acceptors (Lipinski definition) is 3. The van der Waals surface area contributed by atoms with Gasteiger partial charge in [0.1, 0.15) is 0 Å². The summed E-state index contributed by atoms with van der Waals surface area (Å²) in [7, 11) is 0. The second-order valence-electron chi connectivity index (χ2n) is 4.34. The van der Waals surface area contributed by atoms with Gasteiger partial charge in [0.15, 0.2) is 0 Å². The van der Waals surface area contributed by atoms with Gasteiger partial charge in [-0.05, 0) is 19.4 Å². The molecule has 4 nitrogen and oxygen atoms in total. The lowest BCUT2D eigenvalue weighted by Crippen LogP contribution is -2.24. The molecule has 1 N–H and O–H groups in total. The quantitative estimate of drug-likeness (QED) is 0.661. The maximum atomic E-state index is 12.0. The molecule has 0 spiro atoms. The molecule has 1 unspecified atom stereocenters. The van der Waals surface area contributed by atoms with Gasteiger partial charge in [-0.2, -0.15) is 13.2 Å². The summed E-state index contributed by atoms with van der Waals surface area (Å²) in [4.78, 5) is 10.3. The van der Waals surface area contributed by atoms with Gasteiger partial charge in [0.2, 0.25) is 0 Å². The predicted octanol–water partition coefficient (Wildman–Crippen LogP) is 3.51. The highest BCUT2D eigenvalue weighted by Gasteiger charge is 2.26. The van der Waals surface area contributed by atoms with Crippen LogP contribution in [-0.2, 0) is 0 Å². The first-order valence-electron chi connectivity index (χ1n) is 5.76. The van der Waals surface area contributed by atoms with Crippen molar-refractivity contribution in [1.82, 2.24) is 5.32 Å². The highest BCUT2D eigenvalue weighted by atomic mass is 19.4. The molecular weight excluding hydrogens is 261 g/mol. The van der Waals surface area contributed by atoms with E-state index in [0.717, 1.165) is 0 Å². The summed E-state index contributed by atoms with van der Waals surface area (Å²) in [5.74, 6) is 0. The van der Waals surface area contributed by atoms with Crippen LogP contribution in [0.5, 0.6) is 0 Å². The first-order valence-corrected chi connectivity index (χ1v) is 5.76. The van der Waals surface area contributed by atoms with Crippen molar-refractivity contribution in [1.29, 1.82) is 0 Å². The van der Waals surface area contributed by atoms with E-state index in [4.69, 9.17) is 0 Å². The summed E-state index contributed by atoms with van der Waals surface area (Å²) in [6.07, 6.45) is -5.13. The SMILES string of the molecule is Cc1ccc(C(C)NCCC(F)(F)F)cc1[N+](=O)[O-]. The summed E-state index contributed by atoms with van der Waals surface area (Å²) in [5.41, 5.74) is 1.10. The molecule has 0 aromatic heterocycles. The molecule has 0 amide bonds. The average Bonchev–Trinajstić information content (AvgIpc) is 2.27. The van der Waals surface area contributed by atoms with Crippen molar-refractivity contribution in [3.63, 3.8) is 0 Å². The molecule has 106 valence electrons. The monoisotopic (exact) mass is 276 g/mol. The van der Waals surface area contributed by atoms with Gasteiger partial charge < -0.3 is 5.32 Å².